The standard InChI is InChI=1S/C15H14FN3O3/c1-19-3-4-22-14-12(15(19)20)8-17-13(18-14)9-5-10(16)7-11(6-9)21-2/h5-8H,3-4H2,1-2H3. The topological polar surface area (TPSA) is 64.6 Å². The van der Waals surface area contributed by atoms with E-state index in [4.69, 9.17) is 9.47 Å². The van der Waals surface area contributed by atoms with Gasteiger partial charge in [-0.05, 0) is 12.1 Å². The molecule has 0 N–H and O–H groups in total. The van der Waals surface area contributed by atoms with Crippen LogP contribution in [0.15, 0.2) is 24.4 Å². The van der Waals surface area contributed by atoms with Gasteiger partial charge in [-0.2, -0.15) is 4.98 Å². The van der Waals surface area contributed by atoms with Crippen LogP contribution in [0.4, 0.5) is 4.39 Å². The van der Waals surface area contributed by atoms with Gasteiger partial charge in [-0.3, -0.25) is 4.79 Å². The highest BCUT2D eigenvalue weighted by Crippen LogP contribution is 2.26. The lowest BCUT2D eigenvalue weighted by Crippen LogP contribution is -2.27. The van der Waals surface area contributed by atoms with Crippen LogP contribution in [0.25, 0.3) is 11.4 Å². The quantitative estimate of drug-likeness (QED) is 0.846. The molecule has 7 heteroatoms. The van der Waals surface area contributed by atoms with Crippen LogP contribution < -0.4 is 9.47 Å². The van der Waals surface area contributed by atoms with E-state index in [0.29, 0.717) is 30.0 Å². The fourth-order valence-electron chi connectivity index (χ4n) is 2.16. The summed E-state index contributed by atoms with van der Waals surface area (Å²) >= 11 is 0. The third kappa shape index (κ3) is 2.57. The molecule has 2 heterocycles. The van der Waals surface area contributed by atoms with Crippen molar-refractivity contribution in [3.05, 3.63) is 35.8 Å². The Hall–Kier alpha value is -2.70. The number of carbonyl (C=O) groups excluding carboxylic acids is 1. The minimum Gasteiger partial charge on any atom is -0.497 e. The van der Waals surface area contributed by atoms with Crippen LogP contribution in [0.5, 0.6) is 11.6 Å². The molecule has 1 aliphatic rings. The molecule has 2 aromatic rings. The van der Waals surface area contributed by atoms with Crippen molar-refractivity contribution >= 4 is 5.91 Å². The van der Waals surface area contributed by atoms with Crippen molar-refractivity contribution in [3.63, 3.8) is 0 Å². The van der Waals surface area contributed by atoms with E-state index in [0.717, 1.165) is 0 Å². The maximum absolute atomic E-state index is 13.6. The van der Waals surface area contributed by atoms with E-state index in [1.807, 2.05) is 0 Å². The summed E-state index contributed by atoms with van der Waals surface area (Å²) in [5, 5.41) is 0. The van der Waals surface area contributed by atoms with Crippen molar-refractivity contribution in [1.82, 2.24) is 14.9 Å². The minimum atomic E-state index is -0.454. The number of fused-ring (bicyclic) bond motifs is 1. The highest BCUT2D eigenvalue weighted by Gasteiger charge is 2.23. The van der Waals surface area contributed by atoms with Crippen molar-refractivity contribution in [2.75, 3.05) is 27.3 Å². The summed E-state index contributed by atoms with van der Waals surface area (Å²) in [4.78, 5) is 22.1. The average molecular weight is 303 g/mol. The van der Waals surface area contributed by atoms with Gasteiger partial charge in [0.1, 0.15) is 23.7 Å². The van der Waals surface area contributed by atoms with Crippen molar-refractivity contribution < 1.29 is 18.7 Å². The number of benzene rings is 1. The van der Waals surface area contributed by atoms with Crippen molar-refractivity contribution in [3.8, 4) is 23.0 Å². The van der Waals surface area contributed by atoms with Crippen molar-refractivity contribution in [2.45, 2.75) is 0 Å². The molecule has 114 valence electrons. The maximum Gasteiger partial charge on any atom is 0.260 e. The van der Waals surface area contributed by atoms with Crippen molar-refractivity contribution in [1.29, 1.82) is 0 Å². The fourth-order valence-corrected chi connectivity index (χ4v) is 2.16. The summed E-state index contributed by atoms with van der Waals surface area (Å²) in [5.74, 6) is 0.197. The van der Waals surface area contributed by atoms with Crippen molar-refractivity contribution in [2.24, 2.45) is 0 Å². The minimum absolute atomic E-state index is 0.198. The summed E-state index contributed by atoms with van der Waals surface area (Å²) in [6.45, 7) is 0.816. The lowest BCUT2D eigenvalue weighted by atomic mass is 10.2. The van der Waals surface area contributed by atoms with E-state index in [-0.39, 0.29) is 17.6 Å². The molecule has 3 rings (SSSR count). The Morgan fingerprint density at radius 1 is 1.36 bits per heavy atom. The Morgan fingerprint density at radius 3 is 2.95 bits per heavy atom. The number of nitrogens with zero attached hydrogens (tertiary/aromatic N) is 3. The number of carbonyl (C=O) groups is 1. The second-order valence-electron chi connectivity index (χ2n) is 4.87. The predicted octanol–water partition coefficient (Wildman–Crippen LogP) is 1.76. The molecule has 0 aliphatic carbocycles. The number of likely N-dealkylation sites (N-methyl/N-ethyl adjacent to an activating group) is 1. The number of methoxy groups -OCH3 is 1. The first-order valence-electron chi connectivity index (χ1n) is 6.69. The Morgan fingerprint density at radius 2 is 2.18 bits per heavy atom. The van der Waals surface area contributed by atoms with Gasteiger partial charge >= 0.3 is 0 Å². The van der Waals surface area contributed by atoms with Gasteiger partial charge in [0.25, 0.3) is 5.91 Å². The van der Waals surface area contributed by atoms with Gasteiger partial charge < -0.3 is 14.4 Å². The monoisotopic (exact) mass is 303 g/mol. The SMILES string of the molecule is COc1cc(F)cc(-c2ncc3c(n2)OCCN(C)C3=O)c1. The number of ether oxygens (including phenoxy) is 2. The zero-order valence-electron chi connectivity index (χ0n) is 12.2. The van der Waals surface area contributed by atoms with Gasteiger partial charge in [-0.1, -0.05) is 0 Å². The normalized spacial score (nSPS) is 14.1. The molecule has 0 bridgehead atoms. The highest BCUT2D eigenvalue weighted by atomic mass is 19.1. The Bertz CT molecular complexity index is 736. The van der Waals surface area contributed by atoms with E-state index in [9.17, 15) is 9.18 Å². The van der Waals surface area contributed by atoms with Crippen LogP contribution >= 0.6 is 0 Å². The molecule has 0 fully saturated rings. The number of rotatable bonds is 2. The largest absolute Gasteiger partial charge is 0.497 e. The molecule has 0 saturated heterocycles. The van der Waals surface area contributed by atoms with Crippen LogP contribution in [0.2, 0.25) is 0 Å². The summed E-state index contributed by atoms with van der Waals surface area (Å²) in [6, 6.07) is 4.19. The Balaban J connectivity index is 2.05. The van der Waals surface area contributed by atoms with Gasteiger partial charge in [-0.25, -0.2) is 9.37 Å². The van der Waals surface area contributed by atoms with E-state index in [1.54, 1.807) is 18.0 Å². The molecule has 0 saturated carbocycles. The van der Waals surface area contributed by atoms with Gasteiger partial charge in [0, 0.05) is 24.9 Å². The molecular formula is C15H14FN3O3. The number of hydrogen-bond donors (Lipinski definition) is 0. The van der Waals surface area contributed by atoms with Crippen LogP contribution in [0.1, 0.15) is 10.4 Å². The molecule has 0 unspecified atom stereocenters. The number of amides is 1. The second kappa shape index (κ2) is 5.59. The molecule has 6 nitrogen and oxygen atoms in total. The molecule has 1 amide bonds. The third-order valence-corrected chi connectivity index (χ3v) is 3.36. The van der Waals surface area contributed by atoms with Gasteiger partial charge in [0.2, 0.25) is 5.88 Å². The number of halogens is 1. The molecule has 0 atom stereocenters. The zero-order valence-corrected chi connectivity index (χ0v) is 12.2. The first-order valence-corrected chi connectivity index (χ1v) is 6.69. The highest BCUT2D eigenvalue weighted by molar-refractivity contribution is 5.96. The first-order chi connectivity index (χ1) is 10.6. The molecule has 1 aliphatic heterocycles. The first kappa shape index (κ1) is 14.2. The van der Waals surface area contributed by atoms with Crippen LogP contribution in [-0.4, -0.2) is 48.1 Å². The van der Waals surface area contributed by atoms with E-state index < -0.39 is 5.82 Å². The third-order valence-electron chi connectivity index (χ3n) is 3.36. The summed E-state index contributed by atoms with van der Waals surface area (Å²) in [6.07, 6.45) is 1.40. The Kier molecular flexibility index (Phi) is 3.62. The summed E-state index contributed by atoms with van der Waals surface area (Å²) < 4.78 is 24.1. The number of hydrogen-bond acceptors (Lipinski definition) is 5. The maximum atomic E-state index is 13.6. The fraction of sp³-hybridized carbons (Fsp3) is 0.267. The molecule has 0 spiro atoms. The summed E-state index contributed by atoms with van der Waals surface area (Å²) in [5.41, 5.74) is 0.750. The Labute approximate surface area is 126 Å². The van der Waals surface area contributed by atoms with Gasteiger partial charge in [0.05, 0.1) is 13.7 Å². The van der Waals surface area contributed by atoms with E-state index >= 15 is 0 Å². The molecular weight excluding hydrogens is 289 g/mol. The zero-order chi connectivity index (χ0) is 15.7. The molecule has 0 radical (unpaired) electrons. The number of aromatic nitrogens is 2. The van der Waals surface area contributed by atoms with Crippen LogP contribution in [0.3, 0.4) is 0 Å². The summed E-state index contributed by atoms with van der Waals surface area (Å²) in [7, 11) is 3.14. The van der Waals surface area contributed by atoms with Crippen LogP contribution in [0, 0.1) is 5.82 Å². The second-order valence-corrected chi connectivity index (χ2v) is 4.87. The van der Waals surface area contributed by atoms with E-state index in [2.05, 4.69) is 9.97 Å². The predicted molar refractivity (Wildman–Crippen MR) is 76.4 cm³/mol. The molecule has 1 aromatic carbocycles. The van der Waals surface area contributed by atoms with E-state index in [1.165, 1.54) is 25.4 Å². The lowest BCUT2D eigenvalue weighted by Gasteiger charge is -2.11. The van der Waals surface area contributed by atoms with Crippen LogP contribution in [-0.2, 0) is 0 Å². The lowest BCUT2D eigenvalue weighted by molar-refractivity contribution is 0.0796. The molecule has 22 heavy (non-hydrogen) atoms. The van der Waals surface area contributed by atoms with Gasteiger partial charge in [0.15, 0.2) is 5.82 Å². The van der Waals surface area contributed by atoms with Gasteiger partial charge in [-0.15, -0.1) is 0 Å². The molecule has 1 aromatic heterocycles. The average Bonchev–Trinajstić information content (AvgIpc) is 2.66. The smallest absolute Gasteiger partial charge is 0.260 e.